The molecule has 0 aromatic rings. The molecule has 1 fully saturated rings. The van der Waals surface area contributed by atoms with E-state index in [4.69, 9.17) is 0 Å². The minimum Gasteiger partial charge on any atom is -0.310 e. The molecule has 0 aliphatic carbocycles. The Morgan fingerprint density at radius 3 is 2.82 bits per heavy atom. The molecule has 1 N–H and O–H groups in total. The highest BCUT2D eigenvalue weighted by Crippen LogP contribution is 2.16. The van der Waals surface area contributed by atoms with Crippen LogP contribution in [0.5, 0.6) is 0 Å². The van der Waals surface area contributed by atoms with Crippen molar-refractivity contribution < 1.29 is 0 Å². The van der Waals surface area contributed by atoms with E-state index in [0.29, 0.717) is 0 Å². The van der Waals surface area contributed by atoms with Crippen molar-refractivity contribution in [1.29, 1.82) is 0 Å². The zero-order valence-corrected chi connectivity index (χ0v) is 8.58. The Morgan fingerprint density at radius 2 is 2.18 bits per heavy atom. The molecule has 2 heteroatoms. The Labute approximate surface area is 74.3 Å². The van der Waals surface area contributed by atoms with E-state index in [2.05, 4.69) is 37.8 Å². The molecule has 0 bridgehead atoms. The van der Waals surface area contributed by atoms with Crippen LogP contribution in [0.3, 0.4) is 0 Å². The Kier molecular flexibility index (Phi) is 3.73. The van der Waals surface area contributed by atoms with E-state index in [1.54, 1.807) is 0 Å². The number of hydrogen-bond donors (Lipinski definition) is 1. The average molecular weight is 173 g/mol. The SMILES string of the molecule is CC1CCSCC(C(C)C)N1. The second-order valence-electron chi connectivity index (χ2n) is 3.78. The normalized spacial score (nSPS) is 33.8. The third-order valence-corrected chi connectivity index (χ3v) is 3.42. The van der Waals surface area contributed by atoms with Gasteiger partial charge in [-0.05, 0) is 25.0 Å². The van der Waals surface area contributed by atoms with E-state index in [-0.39, 0.29) is 0 Å². The number of nitrogens with one attached hydrogen (secondary N) is 1. The smallest absolute Gasteiger partial charge is 0.0183 e. The molecule has 1 aliphatic rings. The molecule has 1 saturated heterocycles. The molecule has 2 unspecified atom stereocenters. The molecule has 1 nitrogen and oxygen atoms in total. The van der Waals surface area contributed by atoms with Gasteiger partial charge in [-0.3, -0.25) is 0 Å². The quantitative estimate of drug-likeness (QED) is 0.652. The standard InChI is InChI=1S/C9H19NS/c1-7(2)9-6-11-5-4-8(3)10-9/h7-10H,4-6H2,1-3H3. The first-order valence-electron chi connectivity index (χ1n) is 4.54. The summed E-state index contributed by atoms with van der Waals surface area (Å²) in [6.45, 7) is 6.90. The summed E-state index contributed by atoms with van der Waals surface area (Å²) in [7, 11) is 0. The summed E-state index contributed by atoms with van der Waals surface area (Å²) in [5, 5.41) is 3.66. The van der Waals surface area contributed by atoms with Crippen molar-refractivity contribution in [2.24, 2.45) is 5.92 Å². The van der Waals surface area contributed by atoms with Gasteiger partial charge in [-0.15, -0.1) is 0 Å². The van der Waals surface area contributed by atoms with Gasteiger partial charge in [-0.1, -0.05) is 13.8 Å². The molecule has 0 spiro atoms. The van der Waals surface area contributed by atoms with Gasteiger partial charge < -0.3 is 5.32 Å². The van der Waals surface area contributed by atoms with Gasteiger partial charge in [0.05, 0.1) is 0 Å². The van der Waals surface area contributed by atoms with Crippen LogP contribution in [0.4, 0.5) is 0 Å². The number of hydrogen-bond acceptors (Lipinski definition) is 2. The Balaban J connectivity index is 2.39. The molecule has 66 valence electrons. The first-order valence-corrected chi connectivity index (χ1v) is 5.69. The number of rotatable bonds is 1. The lowest BCUT2D eigenvalue weighted by molar-refractivity contribution is 0.390. The molecule has 11 heavy (non-hydrogen) atoms. The largest absolute Gasteiger partial charge is 0.310 e. The lowest BCUT2D eigenvalue weighted by atomic mass is 10.1. The highest BCUT2D eigenvalue weighted by atomic mass is 32.2. The van der Waals surface area contributed by atoms with Crippen LogP contribution in [-0.4, -0.2) is 23.6 Å². The maximum Gasteiger partial charge on any atom is 0.0183 e. The molecule has 0 saturated carbocycles. The fourth-order valence-corrected chi connectivity index (χ4v) is 2.77. The Bertz CT molecular complexity index is 114. The molecule has 1 aliphatic heterocycles. The molecular weight excluding hydrogens is 154 g/mol. The van der Waals surface area contributed by atoms with Crippen LogP contribution in [0.1, 0.15) is 27.2 Å². The molecule has 1 rings (SSSR count). The predicted octanol–water partition coefficient (Wildman–Crippen LogP) is 2.13. The van der Waals surface area contributed by atoms with Crippen LogP contribution >= 0.6 is 11.8 Å². The van der Waals surface area contributed by atoms with E-state index in [0.717, 1.165) is 18.0 Å². The van der Waals surface area contributed by atoms with E-state index in [1.807, 2.05) is 0 Å². The van der Waals surface area contributed by atoms with Crippen LogP contribution in [0.2, 0.25) is 0 Å². The van der Waals surface area contributed by atoms with Gasteiger partial charge in [0, 0.05) is 17.8 Å². The summed E-state index contributed by atoms with van der Waals surface area (Å²) < 4.78 is 0. The molecule has 0 amide bonds. The first-order chi connectivity index (χ1) is 5.20. The van der Waals surface area contributed by atoms with Gasteiger partial charge in [0.15, 0.2) is 0 Å². The predicted molar refractivity (Wildman–Crippen MR) is 53.2 cm³/mol. The highest BCUT2D eigenvalue weighted by Gasteiger charge is 2.18. The van der Waals surface area contributed by atoms with Crippen LogP contribution in [0.15, 0.2) is 0 Å². The topological polar surface area (TPSA) is 12.0 Å². The fourth-order valence-electron chi connectivity index (χ4n) is 1.35. The third kappa shape index (κ3) is 3.04. The fraction of sp³-hybridized carbons (Fsp3) is 1.00. The third-order valence-electron chi connectivity index (χ3n) is 2.30. The minimum atomic E-state index is 0.720. The van der Waals surface area contributed by atoms with E-state index in [1.165, 1.54) is 17.9 Å². The maximum atomic E-state index is 3.66. The summed E-state index contributed by atoms with van der Waals surface area (Å²) in [6.07, 6.45) is 1.33. The van der Waals surface area contributed by atoms with Crippen LogP contribution < -0.4 is 5.32 Å². The average Bonchev–Trinajstić information content (AvgIpc) is 2.13. The van der Waals surface area contributed by atoms with Gasteiger partial charge in [0.25, 0.3) is 0 Å². The first kappa shape index (κ1) is 9.40. The van der Waals surface area contributed by atoms with Gasteiger partial charge in [-0.25, -0.2) is 0 Å². The van der Waals surface area contributed by atoms with Gasteiger partial charge >= 0.3 is 0 Å². The summed E-state index contributed by atoms with van der Waals surface area (Å²) in [5.74, 6) is 3.40. The molecule has 0 aromatic heterocycles. The summed E-state index contributed by atoms with van der Waals surface area (Å²) in [4.78, 5) is 0. The van der Waals surface area contributed by atoms with Crippen LogP contribution in [0.25, 0.3) is 0 Å². The van der Waals surface area contributed by atoms with Crippen molar-refractivity contribution in [1.82, 2.24) is 5.32 Å². The Hall–Kier alpha value is 0.310. The van der Waals surface area contributed by atoms with Crippen LogP contribution in [0, 0.1) is 5.92 Å². The molecule has 0 radical (unpaired) electrons. The maximum absolute atomic E-state index is 3.66. The van der Waals surface area contributed by atoms with Crippen molar-refractivity contribution in [3.63, 3.8) is 0 Å². The van der Waals surface area contributed by atoms with Gasteiger partial charge in [0.1, 0.15) is 0 Å². The van der Waals surface area contributed by atoms with E-state index in [9.17, 15) is 0 Å². The summed E-state index contributed by atoms with van der Waals surface area (Å²) in [5.41, 5.74) is 0. The van der Waals surface area contributed by atoms with Crippen molar-refractivity contribution >= 4 is 11.8 Å². The van der Waals surface area contributed by atoms with Crippen molar-refractivity contribution in [2.45, 2.75) is 39.3 Å². The lowest BCUT2D eigenvalue weighted by Crippen LogP contribution is -2.40. The number of thioether (sulfide) groups is 1. The summed E-state index contributed by atoms with van der Waals surface area (Å²) >= 11 is 2.09. The second-order valence-corrected chi connectivity index (χ2v) is 4.93. The monoisotopic (exact) mass is 173 g/mol. The molecule has 1 heterocycles. The lowest BCUT2D eigenvalue weighted by Gasteiger charge is -2.22. The zero-order valence-electron chi connectivity index (χ0n) is 7.76. The van der Waals surface area contributed by atoms with Gasteiger partial charge in [-0.2, -0.15) is 11.8 Å². The van der Waals surface area contributed by atoms with Crippen molar-refractivity contribution in [3.8, 4) is 0 Å². The zero-order chi connectivity index (χ0) is 8.27. The minimum absolute atomic E-state index is 0.720. The highest BCUT2D eigenvalue weighted by molar-refractivity contribution is 7.99. The molecule has 2 atom stereocenters. The van der Waals surface area contributed by atoms with E-state index < -0.39 is 0 Å². The van der Waals surface area contributed by atoms with Gasteiger partial charge in [0.2, 0.25) is 0 Å². The van der Waals surface area contributed by atoms with Crippen molar-refractivity contribution in [2.75, 3.05) is 11.5 Å². The second kappa shape index (κ2) is 4.36. The summed E-state index contributed by atoms with van der Waals surface area (Å²) in [6, 6.07) is 1.45. The molecule has 0 aromatic carbocycles. The molecular formula is C9H19NS. The van der Waals surface area contributed by atoms with Crippen LogP contribution in [-0.2, 0) is 0 Å². The van der Waals surface area contributed by atoms with Crippen molar-refractivity contribution in [3.05, 3.63) is 0 Å². The van der Waals surface area contributed by atoms with E-state index >= 15 is 0 Å². The Morgan fingerprint density at radius 1 is 1.45 bits per heavy atom.